The molecule has 2 aromatic carbocycles. The lowest BCUT2D eigenvalue weighted by molar-refractivity contribution is 0.151. The summed E-state index contributed by atoms with van der Waals surface area (Å²) in [5, 5.41) is 9.11. The highest BCUT2D eigenvalue weighted by Gasteiger charge is 2.45. The van der Waals surface area contributed by atoms with Crippen LogP contribution in [-0.4, -0.2) is 0 Å². The van der Waals surface area contributed by atoms with Crippen LogP contribution in [0.2, 0.25) is 0 Å². The van der Waals surface area contributed by atoms with Crippen molar-refractivity contribution in [2.75, 3.05) is 0 Å². The Hall–Kier alpha value is -2.21. The van der Waals surface area contributed by atoms with E-state index < -0.39 is 6.43 Å². The Labute approximate surface area is 134 Å². The van der Waals surface area contributed by atoms with Gasteiger partial charge in [-0.2, -0.15) is 5.26 Å². The minimum atomic E-state index is -2.42. The molecule has 3 unspecified atom stereocenters. The van der Waals surface area contributed by atoms with Gasteiger partial charge in [0.05, 0.1) is 11.6 Å². The van der Waals surface area contributed by atoms with Crippen molar-refractivity contribution in [1.29, 1.82) is 5.26 Å². The van der Waals surface area contributed by atoms with Gasteiger partial charge in [0.25, 0.3) is 6.43 Å². The van der Waals surface area contributed by atoms with Crippen molar-refractivity contribution in [2.45, 2.75) is 31.6 Å². The van der Waals surface area contributed by atoms with Gasteiger partial charge < -0.3 is 0 Å². The Balaban J connectivity index is 1.72. The second-order valence-electron chi connectivity index (χ2n) is 6.74. The van der Waals surface area contributed by atoms with Gasteiger partial charge in [-0.3, -0.25) is 0 Å². The molecule has 2 aliphatic rings. The molecule has 2 aliphatic carbocycles. The molecule has 0 N–H and O–H groups in total. The van der Waals surface area contributed by atoms with Crippen molar-refractivity contribution >= 4 is 0 Å². The summed E-state index contributed by atoms with van der Waals surface area (Å²) in [5.74, 6) is 1.61. The Kier molecular flexibility index (Phi) is 3.41. The molecule has 116 valence electrons. The van der Waals surface area contributed by atoms with E-state index in [0.717, 1.165) is 18.4 Å². The molecule has 0 amide bonds. The maximum absolute atomic E-state index is 13.0. The number of alkyl halides is 2. The van der Waals surface area contributed by atoms with E-state index in [1.165, 1.54) is 17.5 Å². The lowest BCUT2D eigenvalue weighted by Gasteiger charge is -2.18. The van der Waals surface area contributed by atoms with Crippen LogP contribution < -0.4 is 0 Å². The summed E-state index contributed by atoms with van der Waals surface area (Å²) in [4.78, 5) is 0. The fourth-order valence-electron chi connectivity index (χ4n) is 4.04. The molecule has 0 bridgehead atoms. The summed E-state index contributed by atoms with van der Waals surface area (Å²) in [6.07, 6.45) is 0.583. The standard InChI is InChI=1S/C20H17F2N/c21-20(22)15-5-4-13-7-17-10-19(17)18(9-16(13)8-15)14-3-1-2-12(6-14)11-23/h1-6,8,17-20H,7,9-10H2. The number of nitriles is 1. The van der Waals surface area contributed by atoms with Gasteiger partial charge >= 0.3 is 0 Å². The molecule has 1 fully saturated rings. The van der Waals surface area contributed by atoms with Crippen LogP contribution in [0, 0.1) is 23.2 Å². The zero-order valence-electron chi connectivity index (χ0n) is 12.7. The van der Waals surface area contributed by atoms with Gasteiger partial charge in [-0.15, -0.1) is 0 Å². The van der Waals surface area contributed by atoms with E-state index in [0.29, 0.717) is 23.3 Å². The zero-order chi connectivity index (χ0) is 16.0. The van der Waals surface area contributed by atoms with E-state index in [4.69, 9.17) is 5.26 Å². The Morgan fingerprint density at radius 2 is 1.91 bits per heavy atom. The van der Waals surface area contributed by atoms with Crippen molar-refractivity contribution in [3.8, 4) is 6.07 Å². The first-order valence-electron chi connectivity index (χ1n) is 8.05. The number of rotatable bonds is 2. The summed E-state index contributed by atoms with van der Waals surface area (Å²) < 4.78 is 26.0. The molecule has 4 rings (SSSR count). The lowest BCUT2D eigenvalue weighted by atomic mass is 9.87. The van der Waals surface area contributed by atoms with Crippen LogP contribution in [0.5, 0.6) is 0 Å². The first kappa shape index (κ1) is 14.4. The Morgan fingerprint density at radius 1 is 1.04 bits per heavy atom. The number of hydrogen-bond donors (Lipinski definition) is 0. The number of hydrogen-bond acceptors (Lipinski definition) is 1. The van der Waals surface area contributed by atoms with Crippen LogP contribution in [-0.2, 0) is 12.8 Å². The SMILES string of the molecule is N#Cc1cccc(C2Cc3cc(C(F)F)ccc3CC3CC32)c1. The molecule has 3 atom stereocenters. The molecular weight excluding hydrogens is 292 g/mol. The van der Waals surface area contributed by atoms with E-state index in [9.17, 15) is 8.78 Å². The Morgan fingerprint density at radius 3 is 2.70 bits per heavy atom. The Bertz CT molecular complexity index is 790. The minimum absolute atomic E-state index is 0.115. The van der Waals surface area contributed by atoms with Gasteiger partial charge in [-0.25, -0.2) is 8.78 Å². The third-order valence-electron chi connectivity index (χ3n) is 5.34. The highest BCUT2D eigenvalue weighted by Crippen LogP contribution is 2.54. The number of benzene rings is 2. The van der Waals surface area contributed by atoms with E-state index >= 15 is 0 Å². The van der Waals surface area contributed by atoms with E-state index in [2.05, 4.69) is 12.1 Å². The van der Waals surface area contributed by atoms with Gasteiger partial charge in [-0.05, 0) is 71.9 Å². The van der Waals surface area contributed by atoms with E-state index in [1.54, 1.807) is 12.1 Å². The van der Waals surface area contributed by atoms with Crippen LogP contribution in [0.4, 0.5) is 8.78 Å². The van der Waals surface area contributed by atoms with Gasteiger partial charge in [0.1, 0.15) is 0 Å². The number of fused-ring (bicyclic) bond motifs is 2. The van der Waals surface area contributed by atoms with Gasteiger partial charge in [0.15, 0.2) is 0 Å². The van der Waals surface area contributed by atoms with Gasteiger partial charge in [-0.1, -0.05) is 24.3 Å². The van der Waals surface area contributed by atoms with Crippen molar-refractivity contribution in [2.24, 2.45) is 11.8 Å². The summed E-state index contributed by atoms with van der Waals surface area (Å²) in [5.41, 5.74) is 4.24. The predicted molar refractivity (Wildman–Crippen MR) is 84.3 cm³/mol. The average Bonchev–Trinajstić information content (AvgIpc) is 3.32. The summed E-state index contributed by atoms with van der Waals surface area (Å²) in [6.45, 7) is 0. The molecular formula is C20H17F2N. The third kappa shape index (κ3) is 2.63. The second-order valence-corrected chi connectivity index (χ2v) is 6.74. The predicted octanol–water partition coefficient (Wildman–Crippen LogP) is 5.01. The molecule has 2 aromatic rings. The van der Waals surface area contributed by atoms with Crippen LogP contribution in [0.3, 0.4) is 0 Å². The molecule has 1 nitrogen and oxygen atoms in total. The summed E-state index contributed by atoms with van der Waals surface area (Å²) in [7, 11) is 0. The van der Waals surface area contributed by atoms with Crippen molar-refractivity contribution in [1.82, 2.24) is 0 Å². The van der Waals surface area contributed by atoms with Crippen molar-refractivity contribution < 1.29 is 8.78 Å². The molecule has 0 aliphatic heterocycles. The first-order chi connectivity index (χ1) is 11.2. The lowest BCUT2D eigenvalue weighted by Crippen LogP contribution is -2.06. The minimum Gasteiger partial charge on any atom is -0.205 e. The summed E-state index contributed by atoms with van der Waals surface area (Å²) in [6, 6.07) is 15.1. The highest BCUT2D eigenvalue weighted by molar-refractivity contribution is 5.41. The largest absolute Gasteiger partial charge is 0.263 e. The molecule has 0 saturated heterocycles. The zero-order valence-corrected chi connectivity index (χ0v) is 12.7. The van der Waals surface area contributed by atoms with Crippen LogP contribution in [0.15, 0.2) is 42.5 Å². The fourth-order valence-corrected chi connectivity index (χ4v) is 4.04. The first-order valence-corrected chi connectivity index (χ1v) is 8.05. The topological polar surface area (TPSA) is 23.8 Å². The van der Waals surface area contributed by atoms with Gasteiger partial charge in [0.2, 0.25) is 0 Å². The third-order valence-corrected chi connectivity index (χ3v) is 5.34. The number of halogens is 2. The van der Waals surface area contributed by atoms with Gasteiger partial charge in [0, 0.05) is 5.56 Å². The maximum Gasteiger partial charge on any atom is 0.263 e. The monoisotopic (exact) mass is 309 g/mol. The maximum atomic E-state index is 13.0. The van der Waals surface area contributed by atoms with E-state index in [-0.39, 0.29) is 5.56 Å². The molecule has 0 aromatic heterocycles. The molecule has 0 spiro atoms. The smallest absolute Gasteiger partial charge is 0.205 e. The average molecular weight is 309 g/mol. The number of nitrogens with zero attached hydrogens (tertiary/aromatic N) is 1. The van der Waals surface area contributed by atoms with Crippen LogP contribution >= 0.6 is 0 Å². The molecule has 1 saturated carbocycles. The fraction of sp³-hybridized carbons (Fsp3) is 0.350. The summed E-state index contributed by atoms with van der Waals surface area (Å²) >= 11 is 0. The molecule has 3 heteroatoms. The van der Waals surface area contributed by atoms with E-state index in [1.807, 2.05) is 24.3 Å². The highest BCUT2D eigenvalue weighted by atomic mass is 19.3. The molecule has 0 radical (unpaired) electrons. The molecule has 23 heavy (non-hydrogen) atoms. The van der Waals surface area contributed by atoms with Crippen LogP contribution in [0.25, 0.3) is 0 Å². The quantitative estimate of drug-likeness (QED) is 0.764. The molecule has 0 heterocycles. The second kappa shape index (κ2) is 5.45. The van der Waals surface area contributed by atoms with Crippen molar-refractivity contribution in [3.05, 3.63) is 70.3 Å². The van der Waals surface area contributed by atoms with Crippen molar-refractivity contribution in [3.63, 3.8) is 0 Å². The van der Waals surface area contributed by atoms with Crippen LogP contribution in [0.1, 0.15) is 46.6 Å². The normalized spacial score (nSPS) is 25.2.